The largest absolute Gasteiger partial charge is 0.342 e. The van der Waals surface area contributed by atoms with Crippen molar-refractivity contribution in [1.29, 1.82) is 0 Å². The van der Waals surface area contributed by atoms with Crippen LogP contribution in [0.5, 0.6) is 0 Å². The van der Waals surface area contributed by atoms with E-state index in [1.54, 1.807) is 11.4 Å². The van der Waals surface area contributed by atoms with Gasteiger partial charge < -0.3 is 4.90 Å². The summed E-state index contributed by atoms with van der Waals surface area (Å²) in [4.78, 5) is 30.6. The number of hydrogen-bond acceptors (Lipinski definition) is 5. The van der Waals surface area contributed by atoms with Gasteiger partial charge in [-0.3, -0.25) is 14.9 Å². The summed E-state index contributed by atoms with van der Waals surface area (Å²) in [6.07, 6.45) is 4.90. The highest BCUT2D eigenvalue weighted by molar-refractivity contribution is 7.14. The third-order valence-electron chi connectivity index (χ3n) is 3.85. The molecular formula is C16H19N3O2S2. The Morgan fingerprint density at radius 1 is 1.17 bits per heavy atom. The number of carbonyl (C=O) groups excluding carboxylic acids is 2. The van der Waals surface area contributed by atoms with Gasteiger partial charge in [0, 0.05) is 23.8 Å². The normalized spacial score (nSPS) is 15.2. The molecular weight excluding hydrogens is 330 g/mol. The minimum atomic E-state index is -0.161. The number of amides is 2. The minimum Gasteiger partial charge on any atom is -0.342 e. The Balaban J connectivity index is 1.56. The summed E-state index contributed by atoms with van der Waals surface area (Å²) in [6, 6.07) is 1.78. The molecule has 1 fully saturated rings. The first kappa shape index (κ1) is 16.1. The van der Waals surface area contributed by atoms with Crippen LogP contribution in [0, 0.1) is 0 Å². The van der Waals surface area contributed by atoms with E-state index < -0.39 is 0 Å². The van der Waals surface area contributed by atoms with Crippen molar-refractivity contribution in [2.24, 2.45) is 0 Å². The summed E-state index contributed by atoms with van der Waals surface area (Å²) in [5.41, 5.74) is 1.36. The summed E-state index contributed by atoms with van der Waals surface area (Å²) < 4.78 is 0. The molecule has 3 heterocycles. The van der Waals surface area contributed by atoms with Gasteiger partial charge in [-0.1, -0.05) is 12.8 Å². The molecule has 0 atom stereocenters. The van der Waals surface area contributed by atoms with Crippen molar-refractivity contribution in [3.8, 4) is 0 Å². The number of thiazole rings is 1. The van der Waals surface area contributed by atoms with Crippen molar-refractivity contribution in [3.63, 3.8) is 0 Å². The highest BCUT2D eigenvalue weighted by Gasteiger charge is 2.17. The van der Waals surface area contributed by atoms with E-state index in [9.17, 15) is 9.59 Å². The van der Waals surface area contributed by atoms with Crippen molar-refractivity contribution < 1.29 is 9.59 Å². The molecule has 0 aromatic carbocycles. The van der Waals surface area contributed by atoms with Gasteiger partial charge in [0.15, 0.2) is 5.13 Å². The summed E-state index contributed by atoms with van der Waals surface area (Å²) in [6.45, 7) is 1.70. The molecule has 23 heavy (non-hydrogen) atoms. The lowest BCUT2D eigenvalue weighted by atomic mass is 10.2. The SMILES string of the molecule is O=C(Nc1nc(CC(=O)N2CCCCCC2)cs1)c1ccsc1. The standard InChI is InChI=1S/C16H19N3O2S2/c20-14(19-6-3-1-2-4-7-19)9-13-11-23-16(17-13)18-15(21)12-5-8-22-10-12/h5,8,10-11H,1-4,6-7,9H2,(H,17,18,21). The lowest BCUT2D eigenvalue weighted by Crippen LogP contribution is -2.33. The van der Waals surface area contributed by atoms with E-state index in [4.69, 9.17) is 0 Å². The molecule has 0 bridgehead atoms. The monoisotopic (exact) mass is 349 g/mol. The van der Waals surface area contributed by atoms with Crippen LogP contribution in [0.2, 0.25) is 0 Å². The number of rotatable bonds is 4. The van der Waals surface area contributed by atoms with Gasteiger partial charge in [0.2, 0.25) is 5.91 Å². The molecule has 1 saturated heterocycles. The molecule has 0 aliphatic carbocycles. The second kappa shape index (κ2) is 7.70. The average Bonchev–Trinajstić information content (AvgIpc) is 3.14. The molecule has 2 aromatic heterocycles. The highest BCUT2D eigenvalue weighted by atomic mass is 32.1. The van der Waals surface area contributed by atoms with Gasteiger partial charge in [-0.15, -0.1) is 11.3 Å². The smallest absolute Gasteiger partial charge is 0.258 e. The lowest BCUT2D eigenvalue weighted by molar-refractivity contribution is -0.130. The first-order valence-electron chi connectivity index (χ1n) is 7.78. The zero-order chi connectivity index (χ0) is 16.1. The van der Waals surface area contributed by atoms with Crippen molar-refractivity contribution >= 4 is 39.6 Å². The number of nitrogens with one attached hydrogen (secondary N) is 1. The summed E-state index contributed by atoms with van der Waals surface area (Å²) in [5.74, 6) is -0.0288. The van der Waals surface area contributed by atoms with E-state index in [0.29, 0.717) is 17.1 Å². The van der Waals surface area contributed by atoms with Crippen LogP contribution in [0.3, 0.4) is 0 Å². The first-order chi connectivity index (χ1) is 11.2. The van der Waals surface area contributed by atoms with Crippen molar-refractivity contribution in [2.45, 2.75) is 32.1 Å². The van der Waals surface area contributed by atoms with E-state index in [2.05, 4.69) is 10.3 Å². The predicted octanol–water partition coefficient (Wildman–Crippen LogP) is 3.40. The summed E-state index contributed by atoms with van der Waals surface area (Å²) in [5, 5.41) is 8.83. The molecule has 1 aliphatic rings. The van der Waals surface area contributed by atoms with E-state index in [-0.39, 0.29) is 11.8 Å². The molecule has 0 radical (unpaired) electrons. The minimum absolute atomic E-state index is 0.132. The molecule has 3 rings (SSSR count). The molecule has 0 unspecified atom stereocenters. The average molecular weight is 349 g/mol. The van der Waals surface area contributed by atoms with Gasteiger partial charge >= 0.3 is 0 Å². The van der Waals surface area contributed by atoms with Crippen molar-refractivity contribution in [3.05, 3.63) is 33.5 Å². The van der Waals surface area contributed by atoms with E-state index in [1.165, 1.54) is 35.5 Å². The van der Waals surface area contributed by atoms with Gasteiger partial charge in [-0.05, 0) is 24.3 Å². The maximum atomic E-state index is 12.3. The second-order valence-corrected chi connectivity index (χ2v) is 7.22. The maximum absolute atomic E-state index is 12.3. The first-order valence-corrected chi connectivity index (χ1v) is 9.60. The summed E-state index contributed by atoms with van der Waals surface area (Å²) in [7, 11) is 0. The molecule has 2 aromatic rings. The third-order valence-corrected chi connectivity index (χ3v) is 5.34. The quantitative estimate of drug-likeness (QED) is 0.920. The van der Waals surface area contributed by atoms with Crippen LogP contribution in [-0.2, 0) is 11.2 Å². The molecule has 1 N–H and O–H groups in total. The van der Waals surface area contributed by atoms with E-state index >= 15 is 0 Å². The maximum Gasteiger partial charge on any atom is 0.258 e. The van der Waals surface area contributed by atoms with Crippen LogP contribution in [0.15, 0.2) is 22.2 Å². The molecule has 2 amide bonds. The van der Waals surface area contributed by atoms with Gasteiger partial charge in [0.25, 0.3) is 5.91 Å². The highest BCUT2D eigenvalue weighted by Crippen LogP contribution is 2.19. The Labute approximate surface area is 143 Å². The van der Waals surface area contributed by atoms with Gasteiger partial charge in [-0.25, -0.2) is 4.98 Å². The fourth-order valence-electron chi connectivity index (χ4n) is 2.60. The van der Waals surface area contributed by atoms with Crippen LogP contribution in [-0.4, -0.2) is 34.8 Å². The van der Waals surface area contributed by atoms with Gasteiger partial charge in [0.1, 0.15) is 0 Å². The van der Waals surface area contributed by atoms with Crippen molar-refractivity contribution in [1.82, 2.24) is 9.88 Å². The Kier molecular flexibility index (Phi) is 5.40. The predicted molar refractivity (Wildman–Crippen MR) is 93.1 cm³/mol. The molecule has 122 valence electrons. The Morgan fingerprint density at radius 3 is 2.65 bits per heavy atom. The van der Waals surface area contributed by atoms with Crippen LogP contribution in [0.1, 0.15) is 41.7 Å². The van der Waals surface area contributed by atoms with Crippen molar-refractivity contribution in [2.75, 3.05) is 18.4 Å². The Bertz CT molecular complexity index is 659. The van der Waals surface area contributed by atoms with Crippen LogP contribution in [0.25, 0.3) is 0 Å². The Hall–Kier alpha value is -1.73. The van der Waals surface area contributed by atoms with Gasteiger partial charge in [0.05, 0.1) is 17.7 Å². The molecule has 1 aliphatic heterocycles. The molecule has 0 spiro atoms. The number of likely N-dealkylation sites (tertiary alicyclic amines) is 1. The number of nitrogens with zero attached hydrogens (tertiary/aromatic N) is 2. The second-order valence-electron chi connectivity index (χ2n) is 5.58. The topological polar surface area (TPSA) is 62.3 Å². The van der Waals surface area contributed by atoms with E-state index in [0.717, 1.165) is 31.6 Å². The van der Waals surface area contributed by atoms with Crippen LogP contribution < -0.4 is 5.32 Å². The molecule has 5 nitrogen and oxygen atoms in total. The fraction of sp³-hybridized carbons (Fsp3) is 0.438. The lowest BCUT2D eigenvalue weighted by Gasteiger charge is -2.19. The number of aromatic nitrogens is 1. The zero-order valence-corrected chi connectivity index (χ0v) is 14.4. The number of anilines is 1. The molecule has 7 heteroatoms. The number of thiophene rings is 1. The Morgan fingerprint density at radius 2 is 1.96 bits per heavy atom. The number of hydrogen-bond donors (Lipinski definition) is 1. The van der Waals surface area contributed by atoms with Crippen LogP contribution >= 0.6 is 22.7 Å². The van der Waals surface area contributed by atoms with E-state index in [1.807, 2.05) is 15.7 Å². The molecule has 0 saturated carbocycles. The number of carbonyl (C=O) groups is 2. The van der Waals surface area contributed by atoms with Crippen LogP contribution in [0.4, 0.5) is 5.13 Å². The van der Waals surface area contributed by atoms with Gasteiger partial charge in [-0.2, -0.15) is 11.3 Å². The zero-order valence-electron chi connectivity index (χ0n) is 12.8. The summed E-state index contributed by atoms with van der Waals surface area (Å²) >= 11 is 2.84. The third kappa shape index (κ3) is 4.39. The fourth-order valence-corrected chi connectivity index (χ4v) is 3.94.